The van der Waals surface area contributed by atoms with Crippen LogP contribution in [0, 0.1) is 0 Å². The minimum atomic E-state index is 0.0468. The van der Waals surface area contributed by atoms with E-state index < -0.39 is 0 Å². The highest BCUT2D eigenvalue weighted by atomic mass is 16.5. The van der Waals surface area contributed by atoms with E-state index in [1.807, 2.05) is 49.6 Å². The number of nitrogens with one attached hydrogen (secondary N) is 1. The Bertz CT molecular complexity index is 1350. The van der Waals surface area contributed by atoms with Crippen molar-refractivity contribution in [1.82, 2.24) is 15.0 Å². The molecule has 0 aliphatic carbocycles. The van der Waals surface area contributed by atoms with Crippen LogP contribution in [-0.4, -0.2) is 40.8 Å². The Morgan fingerprint density at radius 1 is 0.947 bits per heavy atom. The lowest BCUT2D eigenvalue weighted by Crippen LogP contribution is -2.41. The maximum Gasteiger partial charge on any atom is 0.161 e. The number of hydrogen-bond donors (Lipinski definition) is 1. The summed E-state index contributed by atoms with van der Waals surface area (Å²) < 4.78 is 12.1. The number of pyridine rings is 1. The molecule has 1 aliphatic rings. The van der Waals surface area contributed by atoms with Crippen LogP contribution in [0.1, 0.15) is 38.7 Å². The lowest BCUT2D eigenvalue weighted by molar-refractivity contribution is 0.170. The minimum Gasteiger partial charge on any atom is -0.490 e. The summed E-state index contributed by atoms with van der Waals surface area (Å²) in [6.07, 6.45) is 9.62. The largest absolute Gasteiger partial charge is 0.490 e. The first-order valence-corrected chi connectivity index (χ1v) is 13.5. The van der Waals surface area contributed by atoms with Gasteiger partial charge >= 0.3 is 0 Å². The monoisotopic (exact) mass is 509 g/mol. The van der Waals surface area contributed by atoms with Crippen LogP contribution in [0.4, 0.5) is 17.5 Å². The summed E-state index contributed by atoms with van der Waals surface area (Å²) in [7, 11) is 0. The third-order valence-corrected chi connectivity index (χ3v) is 6.58. The fourth-order valence-electron chi connectivity index (χ4n) is 4.82. The van der Waals surface area contributed by atoms with Crippen molar-refractivity contribution in [2.24, 2.45) is 0 Å². The summed E-state index contributed by atoms with van der Waals surface area (Å²) in [4.78, 5) is 16.1. The Morgan fingerprint density at radius 3 is 2.68 bits per heavy atom. The van der Waals surface area contributed by atoms with Gasteiger partial charge in [-0.2, -0.15) is 0 Å². The van der Waals surface area contributed by atoms with Crippen molar-refractivity contribution in [2.75, 3.05) is 29.9 Å². The molecule has 1 unspecified atom stereocenters. The zero-order valence-corrected chi connectivity index (χ0v) is 22.1. The molecule has 0 saturated carbocycles. The van der Waals surface area contributed by atoms with Gasteiger partial charge in [-0.1, -0.05) is 49.7 Å². The van der Waals surface area contributed by atoms with Crippen LogP contribution < -0.4 is 19.7 Å². The topological polar surface area (TPSA) is 72.4 Å². The smallest absolute Gasteiger partial charge is 0.161 e. The fraction of sp³-hybridized carbons (Fsp3) is 0.323. The van der Waals surface area contributed by atoms with Crippen molar-refractivity contribution in [3.8, 4) is 22.6 Å². The van der Waals surface area contributed by atoms with E-state index in [9.17, 15) is 0 Å². The van der Waals surface area contributed by atoms with Crippen LogP contribution in [0.15, 0.2) is 79.3 Å². The molecule has 1 aliphatic heterocycles. The number of aromatic nitrogens is 3. The van der Waals surface area contributed by atoms with Crippen LogP contribution >= 0.6 is 0 Å². The zero-order chi connectivity index (χ0) is 26.2. The summed E-state index contributed by atoms with van der Waals surface area (Å²) in [6, 6.07) is 20.6. The number of para-hydroxylation sites is 2. The second-order valence-corrected chi connectivity index (χ2v) is 9.48. The van der Waals surface area contributed by atoms with Gasteiger partial charge in [-0.15, -0.1) is 0 Å². The van der Waals surface area contributed by atoms with Gasteiger partial charge in [0, 0.05) is 12.7 Å². The summed E-state index contributed by atoms with van der Waals surface area (Å²) in [5.41, 5.74) is 3.65. The summed E-state index contributed by atoms with van der Waals surface area (Å²) in [5.74, 6) is 3.79. The third-order valence-electron chi connectivity index (χ3n) is 6.58. The van der Waals surface area contributed by atoms with E-state index in [2.05, 4.69) is 57.4 Å². The molecule has 4 aromatic rings. The lowest BCUT2D eigenvalue weighted by Gasteiger charge is -2.33. The SMILES string of the molecule is CCCc1cccc(-c2ccnc(Nc3cncc(N4CCCC(Oc5ccccc5OCC)C4)n3)c2)c1. The van der Waals surface area contributed by atoms with Gasteiger partial charge in [-0.3, -0.25) is 4.98 Å². The third kappa shape index (κ3) is 6.40. The van der Waals surface area contributed by atoms with Crippen molar-refractivity contribution in [2.45, 2.75) is 45.6 Å². The molecule has 7 nitrogen and oxygen atoms in total. The molecular formula is C31H35N5O2. The number of benzene rings is 2. The van der Waals surface area contributed by atoms with Gasteiger partial charge in [-0.25, -0.2) is 9.97 Å². The van der Waals surface area contributed by atoms with Gasteiger partial charge in [0.25, 0.3) is 0 Å². The van der Waals surface area contributed by atoms with E-state index in [4.69, 9.17) is 14.5 Å². The van der Waals surface area contributed by atoms with Gasteiger partial charge in [0.1, 0.15) is 17.7 Å². The molecule has 1 saturated heterocycles. The minimum absolute atomic E-state index is 0.0468. The first-order chi connectivity index (χ1) is 18.7. The predicted molar refractivity (Wildman–Crippen MR) is 152 cm³/mol. The number of aryl methyl sites for hydroxylation is 1. The maximum absolute atomic E-state index is 6.35. The van der Waals surface area contributed by atoms with E-state index in [-0.39, 0.29) is 6.10 Å². The highest BCUT2D eigenvalue weighted by molar-refractivity contribution is 5.68. The first-order valence-electron chi connectivity index (χ1n) is 13.5. The van der Waals surface area contributed by atoms with E-state index in [1.54, 1.807) is 6.20 Å². The number of ether oxygens (including phenoxy) is 2. The molecule has 196 valence electrons. The van der Waals surface area contributed by atoms with Gasteiger partial charge < -0.3 is 19.7 Å². The molecule has 2 aromatic heterocycles. The standard InChI is InChI=1S/C31H35N5O2/c1-3-9-23-10-7-11-24(18-23)25-15-16-33-29(19-25)34-30-20-32-21-31(35-30)36-17-8-12-26(22-36)38-28-14-6-5-13-27(28)37-4-2/h5-7,10-11,13-16,18-21,26H,3-4,8-9,12,17,22H2,1-2H3,(H,33,34,35). The Balaban J connectivity index is 1.27. The van der Waals surface area contributed by atoms with Crippen LogP contribution in [0.25, 0.3) is 11.1 Å². The second kappa shape index (κ2) is 12.4. The number of rotatable bonds is 10. The zero-order valence-electron chi connectivity index (χ0n) is 22.1. The van der Waals surface area contributed by atoms with Gasteiger partial charge in [0.15, 0.2) is 17.3 Å². The van der Waals surface area contributed by atoms with Crippen LogP contribution in [0.3, 0.4) is 0 Å². The quantitative estimate of drug-likeness (QED) is 0.256. The highest BCUT2D eigenvalue weighted by Crippen LogP contribution is 2.30. The van der Waals surface area contributed by atoms with E-state index in [0.29, 0.717) is 12.4 Å². The van der Waals surface area contributed by atoms with Crippen molar-refractivity contribution in [3.05, 3.63) is 84.8 Å². The number of anilines is 3. The maximum atomic E-state index is 6.35. The van der Waals surface area contributed by atoms with Crippen molar-refractivity contribution >= 4 is 17.5 Å². The number of hydrogen-bond acceptors (Lipinski definition) is 7. The Kier molecular flexibility index (Phi) is 8.33. The molecule has 38 heavy (non-hydrogen) atoms. The average molecular weight is 510 g/mol. The lowest BCUT2D eigenvalue weighted by atomic mass is 10.0. The normalized spacial score (nSPS) is 15.2. The van der Waals surface area contributed by atoms with E-state index >= 15 is 0 Å². The molecule has 7 heteroatoms. The molecule has 1 fully saturated rings. The van der Waals surface area contributed by atoms with Crippen molar-refractivity contribution in [3.63, 3.8) is 0 Å². The summed E-state index contributed by atoms with van der Waals surface area (Å²) in [5, 5.41) is 3.35. The summed E-state index contributed by atoms with van der Waals surface area (Å²) in [6.45, 7) is 6.44. The molecule has 1 atom stereocenters. The Labute approximate surface area is 224 Å². The Morgan fingerprint density at radius 2 is 1.82 bits per heavy atom. The Hall–Kier alpha value is -4.13. The first kappa shape index (κ1) is 25.5. The number of nitrogens with zero attached hydrogens (tertiary/aromatic N) is 4. The van der Waals surface area contributed by atoms with Gasteiger partial charge in [-0.05, 0) is 67.1 Å². The van der Waals surface area contributed by atoms with Crippen LogP contribution in [0.2, 0.25) is 0 Å². The van der Waals surface area contributed by atoms with Crippen molar-refractivity contribution < 1.29 is 9.47 Å². The molecular weight excluding hydrogens is 474 g/mol. The van der Waals surface area contributed by atoms with Crippen LogP contribution in [-0.2, 0) is 6.42 Å². The molecule has 3 heterocycles. The predicted octanol–water partition coefficient (Wildman–Crippen LogP) is 6.68. The molecule has 0 radical (unpaired) electrons. The molecule has 0 spiro atoms. The molecule has 0 bridgehead atoms. The highest BCUT2D eigenvalue weighted by Gasteiger charge is 2.24. The molecule has 1 N–H and O–H groups in total. The molecule has 2 aromatic carbocycles. The molecule has 0 amide bonds. The summed E-state index contributed by atoms with van der Waals surface area (Å²) >= 11 is 0. The van der Waals surface area contributed by atoms with Crippen molar-refractivity contribution in [1.29, 1.82) is 0 Å². The second-order valence-electron chi connectivity index (χ2n) is 9.48. The molecule has 5 rings (SSSR count). The fourth-order valence-corrected chi connectivity index (χ4v) is 4.82. The van der Waals surface area contributed by atoms with Gasteiger partial charge in [0.2, 0.25) is 0 Å². The number of piperidine rings is 1. The van der Waals surface area contributed by atoms with E-state index in [1.165, 1.54) is 11.1 Å². The van der Waals surface area contributed by atoms with Gasteiger partial charge in [0.05, 0.1) is 25.5 Å². The van der Waals surface area contributed by atoms with Crippen LogP contribution in [0.5, 0.6) is 11.5 Å². The average Bonchev–Trinajstić information content (AvgIpc) is 2.95. The van der Waals surface area contributed by atoms with E-state index in [0.717, 1.165) is 67.5 Å².